The number of amidine groups is 1. The number of nitrogens with one attached hydrogen (secondary N) is 1. The molecule has 206 valence electrons. The molecular weight excluding hydrogens is 505 g/mol. The van der Waals surface area contributed by atoms with Crippen molar-refractivity contribution in [3.8, 4) is 0 Å². The summed E-state index contributed by atoms with van der Waals surface area (Å²) in [7, 11) is -3.84. The Bertz CT molecular complexity index is 1250. The molecule has 2 aliphatic heterocycles. The van der Waals surface area contributed by atoms with E-state index >= 15 is 0 Å². The molecule has 2 heterocycles. The summed E-state index contributed by atoms with van der Waals surface area (Å²) in [5.74, 6) is 0.0852. The molecule has 3 fully saturated rings. The van der Waals surface area contributed by atoms with Crippen molar-refractivity contribution < 1.29 is 22.7 Å². The molecule has 2 atom stereocenters. The molecular formula is C29H38FN3O4S. The van der Waals surface area contributed by atoms with Gasteiger partial charge in [0.25, 0.3) is 6.02 Å². The van der Waals surface area contributed by atoms with Crippen LogP contribution in [-0.4, -0.2) is 61.0 Å². The van der Waals surface area contributed by atoms with Crippen LogP contribution in [0, 0.1) is 5.82 Å². The van der Waals surface area contributed by atoms with Crippen LogP contribution in [0.1, 0.15) is 74.6 Å². The minimum Gasteiger partial charge on any atom is -0.457 e. The Hall–Kier alpha value is -2.49. The van der Waals surface area contributed by atoms with Crippen LogP contribution >= 0.6 is 0 Å². The molecule has 0 bridgehead atoms. The number of ether oxygens (including phenoxy) is 1. The van der Waals surface area contributed by atoms with Crippen LogP contribution in [0.4, 0.5) is 4.39 Å². The van der Waals surface area contributed by atoms with Gasteiger partial charge in [-0.05, 0) is 88.6 Å². The van der Waals surface area contributed by atoms with Gasteiger partial charge >= 0.3 is 0 Å². The van der Waals surface area contributed by atoms with E-state index in [9.17, 15) is 17.9 Å². The fourth-order valence-electron chi connectivity index (χ4n) is 5.79. The fourth-order valence-corrected chi connectivity index (χ4v) is 7.47. The lowest BCUT2D eigenvalue weighted by molar-refractivity contribution is 0.0759. The number of sulfonamides is 1. The second kappa shape index (κ2) is 10.9. The molecule has 2 aromatic rings. The first-order valence-electron chi connectivity index (χ1n) is 13.6. The molecule has 1 unspecified atom stereocenters. The van der Waals surface area contributed by atoms with E-state index in [1.807, 2.05) is 12.1 Å². The summed E-state index contributed by atoms with van der Waals surface area (Å²) in [4.78, 5) is 6.99. The molecule has 7 nitrogen and oxygen atoms in total. The van der Waals surface area contributed by atoms with Crippen molar-refractivity contribution in [2.75, 3.05) is 19.7 Å². The zero-order valence-corrected chi connectivity index (χ0v) is 23.0. The SMILES string of the molecule is CC1(C)OC(=N[C@@H](CCO)c2ccccc2F)NS(=O)(=O)C1Cc1ccc(C2CCN(C3CC3)CC2)cc1. The number of hydrogen-bond donors (Lipinski definition) is 2. The average molecular weight is 544 g/mol. The molecule has 2 aromatic carbocycles. The van der Waals surface area contributed by atoms with Crippen molar-refractivity contribution in [3.05, 3.63) is 71.0 Å². The second-order valence-electron chi connectivity index (χ2n) is 11.3. The van der Waals surface area contributed by atoms with Gasteiger partial charge in [0.1, 0.15) is 16.7 Å². The highest BCUT2D eigenvalue weighted by atomic mass is 32.2. The van der Waals surface area contributed by atoms with Crippen LogP contribution in [0.25, 0.3) is 0 Å². The molecule has 2 saturated heterocycles. The Morgan fingerprint density at radius 2 is 1.79 bits per heavy atom. The van der Waals surface area contributed by atoms with Crippen molar-refractivity contribution in [1.29, 1.82) is 0 Å². The molecule has 1 aliphatic carbocycles. The highest BCUT2D eigenvalue weighted by Gasteiger charge is 2.47. The lowest BCUT2D eigenvalue weighted by Gasteiger charge is -2.39. The van der Waals surface area contributed by atoms with Gasteiger partial charge in [-0.3, -0.25) is 0 Å². The van der Waals surface area contributed by atoms with Crippen LogP contribution in [-0.2, 0) is 21.2 Å². The molecule has 0 aromatic heterocycles. The number of benzene rings is 2. The van der Waals surface area contributed by atoms with Gasteiger partial charge in [-0.25, -0.2) is 22.5 Å². The number of halogens is 1. The monoisotopic (exact) mass is 543 g/mol. The zero-order chi connectivity index (χ0) is 26.9. The lowest BCUT2D eigenvalue weighted by Crippen LogP contribution is -2.59. The first kappa shape index (κ1) is 27.1. The molecule has 9 heteroatoms. The summed E-state index contributed by atoms with van der Waals surface area (Å²) < 4.78 is 49.6. The van der Waals surface area contributed by atoms with Crippen molar-refractivity contribution in [2.45, 2.75) is 81.2 Å². The Morgan fingerprint density at radius 1 is 1.11 bits per heavy atom. The second-order valence-corrected chi connectivity index (χ2v) is 13.2. The van der Waals surface area contributed by atoms with Crippen LogP contribution in [0.2, 0.25) is 0 Å². The fraction of sp³-hybridized carbons (Fsp3) is 0.552. The van der Waals surface area contributed by atoms with E-state index in [0.717, 1.165) is 24.7 Å². The van der Waals surface area contributed by atoms with Gasteiger partial charge in [0.15, 0.2) is 0 Å². The Kier molecular flexibility index (Phi) is 7.80. The smallest absolute Gasteiger partial charge is 0.299 e. The number of rotatable bonds is 8. The van der Waals surface area contributed by atoms with Gasteiger partial charge in [-0.15, -0.1) is 0 Å². The minimum absolute atomic E-state index is 0.130. The molecule has 0 amide bonds. The molecule has 2 N–H and O–H groups in total. The summed E-state index contributed by atoms with van der Waals surface area (Å²) in [6.07, 6.45) is 5.46. The summed E-state index contributed by atoms with van der Waals surface area (Å²) >= 11 is 0. The highest BCUT2D eigenvalue weighted by Crippen LogP contribution is 2.35. The van der Waals surface area contributed by atoms with Crippen molar-refractivity contribution in [3.63, 3.8) is 0 Å². The first-order valence-corrected chi connectivity index (χ1v) is 15.2. The maximum Gasteiger partial charge on any atom is 0.299 e. The van der Waals surface area contributed by atoms with Gasteiger partial charge in [-0.2, -0.15) is 0 Å². The van der Waals surface area contributed by atoms with Gasteiger partial charge in [0.2, 0.25) is 10.0 Å². The van der Waals surface area contributed by atoms with E-state index in [2.05, 4.69) is 26.7 Å². The number of aliphatic hydroxyl groups is 1. The third-order valence-corrected chi connectivity index (χ3v) is 10.1. The minimum atomic E-state index is -3.84. The van der Waals surface area contributed by atoms with E-state index in [0.29, 0.717) is 12.3 Å². The predicted octanol–water partition coefficient (Wildman–Crippen LogP) is 4.29. The number of likely N-dealkylation sites (tertiary alicyclic amines) is 1. The van der Waals surface area contributed by atoms with E-state index < -0.39 is 32.7 Å². The summed E-state index contributed by atoms with van der Waals surface area (Å²) in [6.45, 7) is 5.56. The van der Waals surface area contributed by atoms with Crippen LogP contribution in [0.3, 0.4) is 0 Å². The molecule has 3 aliphatic rings. The zero-order valence-electron chi connectivity index (χ0n) is 22.1. The molecule has 0 spiro atoms. The number of nitrogens with zero attached hydrogens (tertiary/aromatic N) is 2. The van der Waals surface area contributed by atoms with Gasteiger partial charge in [0.05, 0.1) is 6.04 Å². The highest BCUT2D eigenvalue weighted by molar-refractivity contribution is 7.90. The summed E-state index contributed by atoms with van der Waals surface area (Å²) in [5.41, 5.74) is 1.45. The number of aliphatic imine (C=N–C) groups is 1. The van der Waals surface area contributed by atoms with E-state index in [4.69, 9.17) is 4.74 Å². The molecule has 1 saturated carbocycles. The number of hydrogen-bond acceptors (Lipinski definition) is 6. The Balaban J connectivity index is 1.28. The largest absolute Gasteiger partial charge is 0.457 e. The molecule has 38 heavy (non-hydrogen) atoms. The van der Waals surface area contributed by atoms with E-state index in [1.54, 1.807) is 32.0 Å². The summed E-state index contributed by atoms with van der Waals surface area (Å²) in [5, 5.41) is 8.65. The maximum absolute atomic E-state index is 14.4. The lowest BCUT2D eigenvalue weighted by atomic mass is 9.88. The summed E-state index contributed by atoms with van der Waals surface area (Å²) in [6, 6.07) is 14.3. The van der Waals surface area contributed by atoms with Crippen LogP contribution in [0.15, 0.2) is 53.5 Å². The Morgan fingerprint density at radius 3 is 2.39 bits per heavy atom. The standard InChI is InChI=1S/C29H38FN3O4S/c1-29(2)27(19-20-7-9-21(10-8-20)22-13-16-33(17-14-22)23-11-12-23)38(35,36)32-28(37-29)31-26(15-18-34)24-5-3-4-6-25(24)30/h3-10,22-23,26-27,34H,11-19H2,1-2H3,(H,31,32)/t26-,27?/m0/s1. The average Bonchev–Trinajstić information content (AvgIpc) is 3.72. The third kappa shape index (κ3) is 6.05. The normalized spacial score (nSPS) is 25.5. The molecule has 5 rings (SSSR count). The van der Waals surface area contributed by atoms with Gasteiger partial charge in [-0.1, -0.05) is 42.5 Å². The third-order valence-electron chi connectivity index (χ3n) is 8.14. The number of aliphatic hydroxyl groups excluding tert-OH is 1. The van der Waals surface area contributed by atoms with Gasteiger partial charge < -0.3 is 14.7 Å². The van der Waals surface area contributed by atoms with E-state index in [1.165, 1.54) is 37.3 Å². The first-order chi connectivity index (χ1) is 18.2. The van der Waals surface area contributed by atoms with Crippen LogP contribution in [0.5, 0.6) is 0 Å². The Labute approximate surface area is 225 Å². The van der Waals surface area contributed by atoms with Crippen LogP contribution < -0.4 is 4.72 Å². The number of piperidine rings is 1. The van der Waals surface area contributed by atoms with Crippen molar-refractivity contribution >= 4 is 16.0 Å². The maximum atomic E-state index is 14.4. The topological polar surface area (TPSA) is 91.2 Å². The van der Waals surface area contributed by atoms with E-state index in [-0.39, 0.29) is 24.6 Å². The van der Waals surface area contributed by atoms with Gasteiger partial charge in [0, 0.05) is 18.2 Å². The van der Waals surface area contributed by atoms with Crippen molar-refractivity contribution in [1.82, 2.24) is 9.62 Å². The predicted molar refractivity (Wildman–Crippen MR) is 146 cm³/mol. The quantitative estimate of drug-likeness (QED) is 0.519. The molecule has 0 radical (unpaired) electrons. The van der Waals surface area contributed by atoms with Crippen molar-refractivity contribution in [2.24, 2.45) is 4.99 Å².